The number of hydrogen-bond acceptors (Lipinski definition) is 6. The van der Waals surface area contributed by atoms with Gasteiger partial charge in [0.05, 0.1) is 11.1 Å². The molecule has 0 aromatic carbocycles. The molecule has 0 fully saturated rings. The zero-order valence-electron chi connectivity index (χ0n) is 14.4. The average molecular weight is 409 g/mol. The van der Waals surface area contributed by atoms with Gasteiger partial charge in [0.15, 0.2) is 9.92 Å². The number of unbranched alkanes of at least 4 members (excludes halogenated alkanes) is 1. The fourth-order valence-electron chi connectivity index (χ4n) is 2.00. The minimum absolute atomic E-state index is 0.148. The van der Waals surface area contributed by atoms with Gasteiger partial charge in [-0.25, -0.2) is 4.21 Å². The topological polar surface area (TPSA) is 128 Å². The third kappa shape index (κ3) is 7.41. The van der Waals surface area contributed by atoms with E-state index in [1.54, 1.807) is 5.38 Å². The van der Waals surface area contributed by atoms with E-state index in [4.69, 9.17) is 23.1 Å². The van der Waals surface area contributed by atoms with Crippen LogP contribution in [-0.2, 0) is 19.5 Å². The van der Waals surface area contributed by atoms with Gasteiger partial charge in [0.2, 0.25) is 5.91 Å². The van der Waals surface area contributed by atoms with Gasteiger partial charge in [-0.05, 0) is 37.8 Å². The summed E-state index contributed by atoms with van der Waals surface area (Å²) >= 11 is 6.95. The molecule has 0 spiro atoms. The molecule has 2 unspecified atom stereocenters. The van der Waals surface area contributed by atoms with Gasteiger partial charge in [-0.15, -0.1) is 15.7 Å². The van der Waals surface area contributed by atoms with Gasteiger partial charge in [-0.3, -0.25) is 14.3 Å². The molecule has 1 heterocycles. The lowest BCUT2D eigenvalue weighted by Gasteiger charge is -2.13. The van der Waals surface area contributed by atoms with E-state index in [-0.39, 0.29) is 16.5 Å². The van der Waals surface area contributed by atoms with Gasteiger partial charge >= 0.3 is 0 Å². The minimum atomic E-state index is -3.46. The van der Waals surface area contributed by atoms with Gasteiger partial charge in [0.25, 0.3) is 5.91 Å². The molecule has 0 aliphatic heterocycles. The number of hydrogen-bond donors (Lipinski definition) is 3. The van der Waals surface area contributed by atoms with Crippen LogP contribution in [0.1, 0.15) is 39.5 Å². The highest BCUT2D eigenvalue weighted by molar-refractivity contribution is 7.94. The molecule has 1 rings (SSSR count). The van der Waals surface area contributed by atoms with Crippen LogP contribution in [-0.4, -0.2) is 28.6 Å². The second-order valence-corrected chi connectivity index (χ2v) is 9.53. The Bertz CT molecular complexity index is 711. The normalized spacial score (nSPS) is 14.8. The standard InChI is InChI=1S/C15H25ClN4O3S2/c1-10(2)7-12(18)15(22)20-25(23,14-8-11(16)9-24-14)19-13(21)5-3-4-6-17/h8-10,12H,3-7,17-18H2,1-2H3,(H,19,20,21,22,23). The zero-order valence-corrected chi connectivity index (χ0v) is 16.8. The molecule has 1 aromatic rings. The summed E-state index contributed by atoms with van der Waals surface area (Å²) in [7, 11) is -3.46. The summed E-state index contributed by atoms with van der Waals surface area (Å²) in [6, 6.07) is 0.560. The van der Waals surface area contributed by atoms with Crippen LogP contribution in [0.15, 0.2) is 20.0 Å². The highest BCUT2D eigenvalue weighted by Crippen LogP contribution is 2.25. The van der Waals surface area contributed by atoms with Crippen LogP contribution in [0.4, 0.5) is 0 Å². The first-order chi connectivity index (χ1) is 11.7. The first-order valence-electron chi connectivity index (χ1n) is 7.99. The number of nitrogens with two attached hydrogens (primary N) is 2. The van der Waals surface area contributed by atoms with Crippen LogP contribution >= 0.6 is 22.9 Å². The van der Waals surface area contributed by atoms with E-state index >= 15 is 0 Å². The number of rotatable bonds is 9. The van der Waals surface area contributed by atoms with Crippen molar-refractivity contribution in [3.8, 4) is 0 Å². The van der Waals surface area contributed by atoms with Crippen molar-refractivity contribution in [2.75, 3.05) is 6.54 Å². The Balaban J connectivity index is 3.07. The summed E-state index contributed by atoms with van der Waals surface area (Å²) in [5, 5.41) is 1.92. The van der Waals surface area contributed by atoms with Gasteiger partial charge in [0, 0.05) is 11.8 Å². The monoisotopic (exact) mass is 408 g/mol. The van der Waals surface area contributed by atoms with Crippen LogP contribution in [0.2, 0.25) is 5.02 Å². The first-order valence-corrected chi connectivity index (χ1v) is 10.8. The number of nitrogens with zero attached hydrogens (tertiary/aromatic N) is 1. The maximum atomic E-state index is 13.2. The largest absolute Gasteiger partial charge is 0.330 e. The highest BCUT2D eigenvalue weighted by Gasteiger charge is 2.23. The van der Waals surface area contributed by atoms with Crippen molar-refractivity contribution in [2.24, 2.45) is 21.7 Å². The summed E-state index contributed by atoms with van der Waals surface area (Å²) in [6.45, 7) is 4.31. The SMILES string of the molecule is CC(C)CC(N)C(=O)N=S(=O)(NC(=O)CCCCN)c1cc(Cl)cs1. The molecule has 2 atom stereocenters. The molecule has 0 bridgehead atoms. The summed E-state index contributed by atoms with van der Waals surface area (Å²) < 4.78 is 19.6. The Hall–Kier alpha value is -1.000. The van der Waals surface area contributed by atoms with Crippen molar-refractivity contribution in [1.29, 1.82) is 0 Å². The zero-order chi connectivity index (χ0) is 19.0. The molecule has 10 heteroatoms. The van der Waals surface area contributed by atoms with Crippen LogP contribution in [0.25, 0.3) is 0 Å². The number of amides is 2. The van der Waals surface area contributed by atoms with Crippen molar-refractivity contribution < 1.29 is 13.8 Å². The second-order valence-electron chi connectivity index (χ2n) is 6.05. The number of thiophene rings is 1. The summed E-state index contributed by atoms with van der Waals surface area (Å²) in [6.07, 6.45) is 1.79. The van der Waals surface area contributed by atoms with E-state index in [9.17, 15) is 13.8 Å². The molecule has 1 aromatic heterocycles. The van der Waals surface area contributed by atoms with Gasteiger partial charge < -0.3 is 11.5 Å². The number of halogens is 1. The fraction of sp³-hybridized carbons (Fsp3) is 0.600. The van der Waals surface area contributed by atoms with E-state index in [1.807, 2.05) is 13.8 Å². The molecule has 142 valence electrons. The maximum absolute atomic E-state index is 13.2. The Morgan fingerprint density at radius 1 is 1.40 bits per heavy atom. The number of carbonyl (C=O) groups excluding carboxylic acids is 2. The van der Waals surface area contributed by atoms with Crippen molar-refractivity contribution in [2.45, 2.75) is 49.8 Å². The van der Waals surface area contributed by atoms with Crippen molar-refractivity contribution in [3.63, 3.8) is 0 Å². The summed E-state index contributed by atoms with van der Waals surface area (Å²) in [5.41, 5.74) is 11.2. The lowest BCUT2D eigenvalue weighted by Crippen LogP contribution is -2.35. The summed E-state index contributed by atoms with van der Waals surface area (Å²) in [5.74, 6) is -0.977. The number of nitrogens with one attached hydrogen (secondary N) is 1. The fourth-order valence-corrected chi connectivity index (χ4v) is 5.09. The van der Waals surface area contributed by atoms with Gasteiger partial charge in [0.1, 0.15) is 4.21 Å². The van der Waals surface area contributed by atoms with Crippen LogP contribution in [0, 0.1) is 5.92 Å². The third-order valence-corrected chi connectivity index (χ3v) is 6.83. The molecule has 0 aliphatic carbocycles. The maximum Gasteiger partial charge on any atom is 0.272 e. The van der Waals surface area contributed by atoms with Gasteiger partial charge in [-0.2, -0.15) is 0 Å². The predicted octanol–water partition coefficient (Wildman–Crippen LogP) is 2.29. The average Bonchev–Trinajstić information content (AvgIpc) is 2.94. The van der Waals surface area contributed by atoms with E-state index in [2.05, 4.69) is 9.08 Å². The van der Waals surface area contributed by atoms with Crippen molar-refractivity contribution >= 4 is 44.7 Å². The van der Waals surface area contributed by atoms with Crippen molar-refractivity contribution in [3.05, 3.63) is 16.5 Å². The highest BCUT2D eigenvalue weighted by atomic mass is 35.5. The lowest BCUT2D eigenvalue weighted by atomic mass is 10.0. The third-order valence-electron chi connectivity index (χ3n) is 3.19. The summed E-state index contributed by atoms with van der Waals surface area (Å²) in [4.78, 5) is 24.3. The van der Waals surface area contributed by atoms with E-state index in [1.165, 1.54) is 6.07 Å². The predicted molar refractivity (Wildman–Crippen MR) is 102 cm³/mol. The minimum Gasteiger partial charge on any atom is -0.330 e. The second kappa shape index (κ2) is 10.2. The first kappa shape index (κ1) is 22.0. The smallest absolute Gasteiger partial charge is 0.272 e. The van der Waals surface area contributed by atoms with Crippen molar-refractivity contribution in [1.82, 2.24) is 4.72 Å². The van der Waals surface area contributed by atoms with Crippen LogP contribution in [0.3, 0.4) is 0 Å². The Morgan fingerprint density at radius 3 is 2.60 bits per heavy atom. The Morgan fingerprint density at radius 2 is 2.08 bits per heavy atom. The molecule has 0 saturated carbocycles. The molecule has 7 nitrogen and oxygen atoms in total. The molecular weight excluding hydrogens is 384 g/mol. The Labute approximate surface area is 157 Å². The van der Waals surface area contributed by atoms with Crippen LogP contribution in [0.5, 0.6) is 0 Å². The molecule has 0 radical (unpaired) electrons. The van der Waals surface area contributed by atoms with Crippen LogP contribution < -0.4 is 16.2 Å². The lowest BCUT2D eigenvalue weighted by molar-refractivity contribution is -0.119. The van der Waals surface area contributed by atoms with Gasteiger partial charge in [-0.1, -0.05) is 25.4 Å². The molecule has 2 amide bonds. The van der Waals surface area contributed by atoms with E-state index < -0.39 is 27.8 Å². The molecule has 5 N–H and O–H groups in total. The number of carbonyl (C=O) groups is 2. The molecule has 0 aliphatic rings. The Kier molecular flexibility index (Phi) is 9.01. The molecule has 25 heavy (non-hydrogen) atoms. The molecular formula is C15H25ClN4O3S2. The van der Waals surface area contributed by atoms with E-state index in [0.29, 0.717) is 30.8 Å². The van der Waals surface area contributed by atoms with E-state index in [0.717, 1.165) is 11.3 Å². The molecule has 0 saturated heterocycles. The quantitative estimate of drug-likeness (QED) is 0.540.